The van der Waals surface area contributed by atoms with Gasteiger partial charge in [0.25, 0.3) is 0 Å². The van der Waals surface area contributed by atoms with Gasteiger partial charge in [0.2, 0.25) is 0 Å². The highest BCUT2D eigenvalue weighted by atomic mass is 79.9. The van der Waals surface area contributed by atoms with Gasteiger partial charge in [-0.1, -0.05) is 11.6 Å². The molecule has 0 aliphatic carbocycles. The van der Waals surface area contributed by atoms with Gasteiger partial charge in [-0.2, -0.15) is 0 Å². The number of aromatic nitrogens is 1. The second-order valence-electron chi connectivity index (χ2n) is 5.07. The molecule has 0 aromatic carbocycles. The third-order valence-corrected chi connectivity index (χ3v) is 3.62. The van der Waals surface area contributed by atoms with Crippen LogP contribution in [0.1, 0.15) is 13.8 Å². The second kappa shape index (κ2) is 5.33. The molecule has 1 saturated heterocycles. The normalized spacial score (nSPS) is 23.2. The number of nitrogens with two attached hydrogens (primary N) is 1. The lowest BCUT2D eigenvalue weighted by Gasteiger charge is -2.43. The van der Waals surface area contributed by atoms with Crippen molar-refractivity contribution in [3.63, 3.8) is 0 Å². The lowest BCUT2D eigenvalue weighted by Crippen LogP contribution is -2.55. The van der Waals surface area contributed by atoms with Crippen LogP contribution >= 0.6 is 27.5 Å². The van der Waals surface area contributed by atoms with Crippen LogP contribution in [0.2, 0.25) is 5.02 Å². The van der Waals surface area contributed by atoms with Crippen LogP contribution < -0.4 is 10.6 Å². The molecule has 1 aliphatic heterocycles. The zero-order valence-corrected chi connectivity index (χ0v) is 12.8. The lowest BCUT2D eigenvalue weighted by atomic mass is 10.1. The maximum absolute atomic E-state index is 5.91. The molecule has 0 amide bonds. The Kier molecular flexibility index (Phi) is 4.16. The molecule has 2 rings (SSSR count). The number of rotatable bonds is 2. The number of ether oxygens (including phenoxy) is 1. The van der Waals surface area contributed by atoms with Gasteiger partial charge in [-0.05, 0) is 35.8 Å². The van der Waals surface area contributed by atoms with Gasteiger partial charge in [-0.25, -0.2) is 4.98 Å². The smallest absolute Gasteiger partial charge is 0.143 e. The maximum Gasteiger partial charge on any atom is 0.143 e. The summed E-state index contributed by atoms with van der Waals surface area (Å²) in [6.45, 7) is 6.15. The molecule has 0 saturated carbocycles. The lowest BCUT2D eigenvalue weighted by molar-refractivity contribution is -0.0790. The number of morpholine rings is 1. The monoisotopic (exact) mass is 333 g/mol. The van der Waals surface area contributed by atoms with Gasteiger partial charge >= 0.3 is 0 Å². The minimum absolute atomic E-state index is 0.0260. The fourth-order valence-corrected chi connectivity index (χ4v) is 3.11. The molecule has 100 valence electrons. The van der Waals surface area contributed by atoms with Crippen molar-refractivity contribution in [2.24, 2.45) is 5.73 Å². The first kappa shape index (κ1) is 14.1. The zero-order chi connectivity index (χ0) is 13.3. The van der Waals surface area contributed by atoms with Crippen molar-refractivity contribution >= 4 is 33.3 Å². The summed E-state index contributed by atoms with van der Waals surface area (Å²) < 4.78 is 6.79. The molecule has 1 aromatic rings. The van der Waals surface area contributed by atoms with Gasteiger partial charge in [0.05, 0.1) is 21.2 Å². The van der Waals surface area contributed by atoms with Crippen molar-refractivity contribution < 1.29 is 4.74 Å². The van der Waals surface area contributed by atoms with E-state index in [0.717, 1.165) is 23.4 Å². The number of hydrogen-bond acceptors (Lipinski definition) is 4. The molecule has 4 nitrogen and oxygen atoms in total. The maximum atomic E-state index is 5.91. The van der Waals surface area contributed by atoms with Crippen molar-refractivity contribution in [1.82, 2.24) is 4.98 Å². The number of pyridine rings is 1. The van der Waals surface area contributed by atoms with Crippen molar-refractivity contribution in [1.29, 1.82) is 0 Å². The molecule has 1 fully saturated rings. The number of hydrogen-bond donors (Lipinski definition) is 1. The quantitative estimate of drug-likeness (QED) is 0.902. The first-order chi connectivity index (χ1) is 8.41. The minimum atomic E-state index is -0.233. The van der Waals surface area contributed by atoms with Crippen LogP contribution in [0, 0.1) is 0 Å². The SMILES string of the molecule is CC1(C)CN(c2ncc(Cl)cc2Br)CC(CN)O1. The predicted octanol–water partition coefficient (Wildman–Crippen LogP) is 2.44. The summed E-state index contributed by atoms with van der Waals surface area (Å²) in [7, 11) is 0. The van der Waals surface area contributed by atoms with Crippen molar-refractivity contribution in [2.75, 3.05) is 24.5 Å². The molecule has 2 N–H and O–H groups in total. The Labute approximate surface area is 121 Å². The predicted molar refractivity (Wildman–Crippen MR) is 77.2 cm³/mol. The number of halogens is 2. The summed E-state index contributed by atoms with van der Waals surface area (Å²) in [5, 5.41) is 0.619. The van der Waals surface area contributed by atoms with Gasteiger partial charge < -0.3 is 15.4 Å². The molecule has 0 bridgehead atoms. The largest absolute Gasteiger partial charge is 0.367 e. The molecule has 1 unspecified atom stereocenters. The summed E-state index contributed by atoms with van der Waals surface area (Å²) >= 11 is 9.41. The van der Waals surface area contributed by atoms with Gasteiger partial charge in [0.15, 0.2) is 0 Å². The standard InChI is InChI=1S/C12H17BrClN3O/c1-12(2)7-17(6-9(4-15)18-12)11-10(13)3-8(14)5-16-11/h3,5,9H,4,6-7,15H2,1-2H3. The van der Waals surface area contributed by atoms with Crippen molar-refractivity contribution in [3.8, 4) is 0 Å². The molecule has 1 aromatic heterocycles. The van der Waals surface area contributed by atoms with Crippen molar-refractivity contribution in [2.45, 2.75) is 25.6 Å². The molecule has 1 aliphatic rings. The molecule has 1 atom stereocenters. The van der Waals surface area contributed by atoms with E-state index in [9.17, 15) is 0 Å². The summed E-state index contributed by atoms with van der Waals surface area (Å²) in [6, 6.07) is 1.85. The van der Waals surface area contributed by atoms with E-state index in [1.807, 2.05) is 6.07 Å². The van der Waals surface area contributed by atoms with Gasteiger partial charge in [-0.3, -0.25) is 0 Å². The van der Waals surface area contributed by atoms with Crippen LogP contribution in [0.4, 0.5) is 5.82 Å². The summed E-state index contributed by atoms with van der Waals surface area (Å²) in [5.41, 5.74) is 5.49. The average molecular weight is 335 g/mol. The molecule has 2 heterocycles. The van der Waals surface area contributed by atoms with Crippen molar-refractivity contribution in [3.05, 3.63) is 21.8 Å². The Balaban J connectivity index is 2.26. The molecular formula is C12H17BrClN3O. The zero-order valence-electron chi connectivity index (χ0n) is 10.5. The van der Waals surface area contributed by atoms with Crippen LogP contribution in [0.25, 0.3) is 0 Å². The van der Waals surface area contributed by atoms with E-state index in [4.69, 9.17) is 22.1 Å². The number of anilines is 1. The van der Waals surface area contributed by atoms with E-state index >= 15 is 0 Å². The average Bonchev–Trinajstić information content (AvgIpc) is 2.26. The van der Waals surface area contributed by atoms with Crippen LogP contribution in [-0.4, -0.2) is 36.3 Å². The van der Waals surface area contributed by atoms with Gasteiger partial charge in [0, 0.05) is 25.8 Å². The summed E-state index contributed by atoms with van der Waals surface area (Å²) in [4.78, 5) is 6.57. The van der Waals surface area contributed by atoms with Crippen LogP contribution in [-0.2, 0) is 4.74 Å². The summed E-state index contributed by atoms with van der Waals surface area (Å²) in [5.74, 6) is 0.884. The van der Waals surface area contributed by atoms with Gasteiger partial charge in [0.1, 0.15) is 5.82 Å². The highest BCUT2D eigenvalue weighted by molar-refractivity contribution is 9.10. The third-order valence-electron chi connectivity index (χ3n) is 2.83. The first-order valence-electron chi connectivity index (χ1n) is 5.85. The summed E-state index contributed by atoms with van der Waals surface area (Å²) in [6.07, 6.45) is 1.68. The van der Waals surface area contributed by atoms with E-state index in [1.54, 1.807) is 6.20 Å². The Hall–Kier alpha value is -0.360. The fraction of sp³-hybridized carbons (Fsp3) is 0.583. The van der Waals surface area contributed by atoms with E-state index < -0.39 is 0 Å². The second-order valence-corrected chi connectivity index (χ2v) is 6.37. The highest BCUT2D eigenvalue weighted by Crippen LogP contribution is 2.31. The van der Waals surface area contributed by atoms with Crippen LogP contribution in [0.15, 0.2) is 16.7 Å². The van der Waals surface area contributed by atoms with E-state index in [2.05, 4.69) is 39.7 Å². The Morgan fingerprint density at radius 3 is 3.00 bits per heavy atom. The molecule has 18 heavy (non-hydrogen) atoms. The van der Waals surface area contributed by atoms with E-state index in [0.29, 0.717) is 11.6 Å². The topological polar surface area (TPSA) is 51.4 Å². The minimum Gasteiger partial charge on any atom is -0.367 e. The van der Waals surface area contributed by atoms with E-state index in [-0.39, 0.29) is 11.7 Å². The Bertz CT molecular complexity index is 441. The van der Waals surface area contributed by atoms with Crippen LogP contribution in [0.5, 0.6) is 0 Å². The van der Waals surface area contributed by atoms with Gasteiger partial charge in [-0.15, -0.1) is 0 Å². The molecule has 0 spiro atoms. The highest BCUT2D eigenvalue weighted by Gasteiger charge is 2.33. The fourth-order valence-electron chi connectivity index (χ4n) is 2.22. The molecule has 6 heteroatoms. The molecule has 0 radical (unpaired) electrons. The number of nitrogens with zero attached hydrogens (tertiary/aromatic N) is 2. The van der Waals surface area contributed by atoms with Crippen LogP contribution in [0.3, 0.4) is 0 Å². The first-order valence-corrected chi connectivity index (χ1v) is 7.02. The Morgan fingerprint density at radius 1 is 1.67 bits per heavy atom. The Morgan fingerprint density at radius 2 is 2.39 bits per heavy atom. The van der Waals surface area contributed by atoms with E-state index in [1.165, 1.54) is 0 Å². The molecular weight excluding hydrogens is 318 g/mol. The third kappa shape index (κ3) is 3.15.